The fourth-order valence-corrected chi connectivity index (χ4v) is 2.35. The molecule has 1 aromatic carbocycles. The molecule has 5 heteroatoms. The third-order valence-corrected chi connectivity index (χ3v) is 3.51. The summed E-state index contributed by atoms with van der Waals surface area (Å²) in [4.78, 5) is 16.2. The smallest absolute Gasteiger partial charge is 0.226 e. The number of phenolic OH excluding ortho intramolecular Hbond substituents is 1. The van der Waals surface area contributed by atoms with Gasteiger partial charge in [-0.2, -0.15) is 0 Å². The van der Waals surface area contributed by atoms with Gasteiger partial charge in [-0.25, -0.2) is 0 Å². The number of phenols is 1. The normalized spacial score (nSPS) is 15.7. The second-order valence-electron chi connectivity index (χ2n) is 5.07. The molecule has 1 heterocycles. The van der Waals surface area contributed by atoms with Crippen LogP contribution in [0.25, 0.3) is 0 Å². The second-order valence-corrected chi connectivity index (χ2v) is 5.07. The van der Waals surface area contributed by atoms with Crippen molar-refractivity contribution in [3.05, 3.63) is 36.9 Å². The quantitative estimate of drug-likeness (QED) is 0.807. The number of ether oxygens (including phenoxy) is 1. The molecule has 1 aliphatic heterocycles. The Hall–Kier alpha value is -2.01. The number of carbonyl (C=O) groups excluding carboxylic acids is 1. The Bertz CT molecular complexity index is 482. The Balaban J connectivity index is 1.69. The monoisotopic (exact) mass is 290 g/mol. The van der Waals surface area contributed by atoms with Gasteiger partial charge in [0.15, 0.2) is 0 Å². The van der Waals surface area contributed by atoms with Crippen molar-refractivity contribution in [1.29, 1.82) is 0 Å². The van der Waals surface area contributed by atoms with Gasteiger partial charge in [-0.3, -0.25) is 9.69 Å². The maximum absolute atomic E-state index is 12.1. The summed E-state index contributed by atoms with van der Waals surface area (Å²) in [5.74, 6) is 0.865. The van der Waals surface area contributed by atoms with Crippen LogP contribution in [0.3, 0.4) is 0 Å². The van der Waals surface area contributed by atoms with E-state index in [9.17, 15) is 9.90 Å². The summed E-state index contributed by atoms with van der Waals surface area (Å²) in [5.41, 5.74) is 0. The molecule has 0 spiro atoms. The Kier molecular flexibility index (Phi) is 5.63. The van der Waals surface area contributed by atoms with E-state index in [1.165, 1.54) is 0 Å². The molecule has 1 amide bonds. The number of nitrogens with zero attached hydrogens (tertiary/aromatic N) is 2. The van der Waals surface area contributed by atoms with E-state index in [1.807, 2.05) is 11.0 Å². The molecule has 0 unspecified atom stereocenters. The second kappa shape index (κ2) is 7.69. The van der Waals surface area contributed by atoms with Gasteiger partial charge in [0, 0.05) is 38.8 Å². The lowest BCUT2D eigenvalue weighted by Crippen LogP contribution is -2.48. The van der Waals surface area contributed by atoms with Gasteiger partial charge in [0.25, 0.3) is 0 Å². The summed E-state index contributed by atoms with van der Waals surface area (Å²) >= 11 is 0. The van der Waals surface area contributed by atoms with Gasteiger partial charge in [-0.15, -0.1) is 6.58 Å². The molecule has 1 aromatic rings. The van der Waals surface area contributed by atoms with Crippen LogP contribution in [-0.4, -0.2) is 60.1 Å². The van der Waals surface area contributed by atoms with E-state index >= 15 is 0 Å². The van der Waals surface area contributed by atoms with E-state index < -0.39 is 0 Å². The molecule has 0 aromatic heterocycles. The van der Waals surface area contributed by atoms with Crippen LogP contribution in [0.15, 0.2) is 36.9 Å². The molecular formula is C16H22N2O3. The SMILES string of the molecule is C=CCN1CCN(C(=O)CCOc2cccc(O)c2)CC1. The third kappa shape index (κ3) is 4.79. The first-order valence-electron chi connectivity index (χ1n) is 7.22. The van der Waals surface area contributed by atoms with Crippen molar-refractivity contribution in [3.8, 4) is 11.5 Å². The molecule has 114 valence electrons. The lowest BCUT2D eigenvalue weighted by Gasteiger charge is -2.34. The molecule has 0 bridgehead atoms. The zero-order chi connectivity index (χ0) is 15.1. The zero-order valence-corrected chi connectivity index (χ0v) is 12.2. The van der Waals surface area contributed by atoms with Crippen molar-refractivity contribution in [2.45, 2.75) is 6.42 Å². The van der Waals surface area contributed by atoms with E-state index in [0.717, 1.165) is 32.7 Å². The average molecular weight is 290 g/mol. The van der Waals surface area contributed by atoms with Crippen molar-refractivity contribution >= 4 is 5.91 Å². The van der Waals surface area contributed by atoms with Gasteiger partial charge in [-0.1, -0.05) is 12.1 Å². The van der Waals surface area contributed by atoms with Gasteiger partial charge in [0.05, 0.1) is 13.0 Å². The van der Waals surface area contributed by atoms with Crippen LogP contribution < -0.4 is 4.74 Å². The number of piperazine rings is 1. The number of aromatic hydroxyl groups is 1. The van der Waals surface area contributed by atoms with Crippen LogP contribution in [-0.2, 0) is 4.79 Å². The maximum atomic E-state index is 12.1. The van der Waals surface area contributed by atoms with Crippen molar-refractivity contribution in [3.63, 3.8) is 0 Å². The van der Waals surface area contributed by atoms with Crippen LogP contribution in [0.1, 0.15) is 6.42 Å². The van der Waals surface area contributed by atoms with Crippen molar-refractivity contribution < 1.29 is 14.6 Å². The van der Waals surface area contributed by atoms with E-state index in [4.69, 9.17) is 4.74 Å². The van der Waals surface area contributed by atoms with E-state index in [-0.39, 0.29) is 11.7 Å². The lowest BCUT2D eigenvalue weighted by atomic mass is 10.2. The number of amides is 1. The minimum Gasteiger partial charge on any atom is -0.508 e. The van der Waals surface area contributed by atoms with E-state index in [1.54, 1.807) is 24.3 Å². The molecule has 5 nitrogen and oxygen atoms in total. The number of benzene rings is 1. The molecular weight excluding hydrogens is 268 g/mol. The fraction of sp³-hybridized carbons (Fsp3) is 0.438. The van der Waals surface area contributed by atoms with E-state index in [0.29, 0.717) is 18.8 Å². The van der Waals surface area contributed by atoms with Gasteiger partial charge in [0.2, 0.25) is 5.91 Å². The zero-order valence-electron chi connectivity index (χ0n) is 12.2. The molecule has 1 aliphatic rings. The third-order valence-electron chi connectivity index (χ3n) is 3.51. The molecule has 0 radical (unpaired) electrons. The Morgan fingerprint density at radius 1 is 1.33 bits per heavy atom. The van der Waals surface area contributed by atoms with Crippen LogP contribution in [0.4, 0.5) is 0 Å². The first-order valence-corrected chi connectivity index (χ1v) is 7.22. The van der Waals surface area contributed by atoms with Crippen LogP contribution in [0.2, 0.25) is 0 Å². The van der Waals surface area contributed by atoms with Crippen molar-refractivity contribution in [2.24, 2.45) is 0 Å². The van der Waals surface area contributed by atoms with Crippen molar-refractivity contribution in [2.75, 3.05) is 39.3 Å². The summed E-state index contributed by atoms with van der Waals surface area (Å²) in [5, 5.41) is 9.33. The number of rotatable bonds is 6. The average Bonchev–Trinajstić information content (AvgIpc) is 2.48. The highest BCUT2D eigenvalue weighted by atomic mass is 16.5. The molecule has 1 fully saturated rings. The molecule has 0 aliphatic carbocycles. The Morgan fingerprint density at radius 3 is 2.76 bits per heavy atom. The minimum atomic E-state index is 0.119. The standard InChI is InChI=1S/C16H22N2O3/c1-2-7-17-8-10-18(11-9-17)16(20)6-12-21-15-5-3-4-14(19)13-15/h2-5,13,19H,1,6-12H2. The van der Waals surface area contributed by atoms with Gasteiger partial charge < -0.3 is 14.7 Å². The number of hydrogen-bond acceptors (Lipinski definition) is 4. The Labute approximate surface area is 125 Å². The van der Waals surface area contributed by atoms with Gasteiger partial charge in [0.1, 0.15) is 11.5 Å². The highest BCUT2D eigenvalue weighted by molar-refractivity contribution is 5.76. The minimum absolute atomic E-state index is 0.119. The first kappa shape index (κ1) is 15.4. The maximum Gasteiger partial charge on any atom is 0.226 e. The van der Waals surface area contributed by atoms with Crippen LogP contribution in [0, 0.1) is 0 Å². The van der Waals surface area contributed by atoms with Crippen LogP contribution >= 0.6 is 0 Å². The predicted molar refractivity (Wildman–Crippen MR) is 81.4 cm³/mol. The first-order chi connectivity index (χ1) is 10.2. The predicted octanol–water partition coefficient (Wildman–Crippen LogP) is 1.49. The number of carbonyl (C=O) groups is 1. The molecule has 21 heavy (non-hydrogen) atoms. The van der Waals surface area contributed by atoms with Gasteiger partial charge >= 0.3 is 0 Å². The van der Waals surface area contributed by atoms with Gasteiger partial charge in [-0.05, 0) is 12.1 Å². The molecule has 0 saturated carbocycles. The highest BCUT2D eigenvalue weighted by Gasteiger charge is 2.19. The lowest BCUT2D eigenvalue weighted by molar-refractivity contribution is -0.133. The topological polar surface area (TPSA) is 53.0 Å². The summed E-state index contributed by atoms with van der Waals surface area (Å²) in [7, 11) is 0. The fourth-order valence-electron chi connectivity index (χ4n) is 2.35. The highest BCUT2D eigenvalue weighted by Crippen LogP contribution is 2.17. The Morgan fingerprint density at radius 2 is 2.10 bits per heavy atom. The molecule has 1 saturated heterocycles. The molecule has 0 atom stereocenters. The summed E-state index contributed by atoms with van der Waals surface area (Å²) in [6.07, 6.45) is 2.25. The molecule has 1 N–H and O–H groups in total. The summed E-state index contributed by atoms with van der Waals surface area (Å²) < 4.78 is 5.48. The summed E-state index contributed by atoms with van der Waals surface area (Å²) in [6, 6.07) is 6.60. The largest absolute Gasteiger partial charge is 0.508 e. The number of hydrogen-bond donors (Lipinski definition) is 1. The molecule has 2 rings (SSSR count). The van der Waals surface area contributed by atoms with Crippen molar-refractivity contribution in [1.82, 2.24) is 9.80 Å². The summed E-state index contributed by atoms with van der Waals surface area (Å²) in [6.45, 7) is 8.25. The van der Waals surface area contributed by atoms with Crippen LogP contribution in [0.5, 0.6) is 11.5 Å². The van der Waals surface area contributed by atoms with E-state index in [2.05, 4.69) is 11.5 Å².